The van der Waals surface area contributed by atoms with Crippen molar-refractivity contribution in [3.8, 4) is 0 Å². The van der Waals surface area contributed by atoms with Gasteiger partial charge in [-0.15, -0.1) is 0 Å². The number of piperidine rings is 3. The van der Waals surface area contributed by atoms with Crippen LogP contribution in [0.25, 0.3) is 0 Å². The lowest BCUT2D eigenvalue weighted by atomic mass is 9.73. The van der Waals surface area contributed by atoms with Gasteiger partial charge < -0.3 is 4.90 Å². The highest BCUT2D eigenvalue weighted by Crippen LogP contribution is 2.43. The Morgan fingerprint density at radius 3 is 3.06 bits per heavy atom. The van der Waals surface area contributed by atoms with Crippen LogP contribution in [0.5, 0.6) is 0 Å². The second-order valence-electron chi connectivity index (χ2n) is 6.36. The average molecular weight is 246 g/mol. The molecule has 2 bridgehead atoms. The number of amides is 1. The lowest BCUT2D eigenvalue weighted by Crippen LogP contribution is -2.60. The molecule has 0 aliphatic carbocycles. The summed E-state index contributed by atoms with van der Waals surface area (Å²) in [4.78, 5) is 17.4. The maximum Gasteiger partial charge on any atom is 0.231 e. The van der Waals surface area contributed by atoms with Crippen molar-refractivity contribution in [2.24, 2.45) is 11.8 Å². The van der Waals surface area contributed by atoms with Crippen LogP contribution in [0.1, 0.15) is 38.5 Å². The van der Waals surface area contributed by atoms with Crippen molar-refractivity contribution in [3.63, 3.8) is 0 Å². The number of nitrogens with zero attached hydrogens (tertiary/aromatic N) is 2. The van der Waals surface area contributed by atoms with E-state index in [4.69, 9.17) is 0 Å². The molecular weight excluding hydrogens is 224 g/mol. The molecular formula is C15H22N2O. The number of carbonyl (C=O) groups excluding carboxylic acids is 1. The molecule has 0 aromatic carbocycles. The van der Waals surface area contributed by atoms with Crippen LogP contribution in [0.3, 0.4) is 0 Å². The van der Waals surface area contributed by atoms with Gasteiger partial charge >= 0.3 is 0 Å². The third kappa shape index (κ3) is 1.49. The van der Waals surface area contributed by atoms with Gasteiger partial charge in [0.2, 0.25) is 5.91 Å². The van der Waals surface area contributed by atoms with Crippen LogP contribution >= 0.6 is 0 Å². The molecule has 0 aromatic rings. The molecule has 1 amide bonds. The maximum atomic E-state index is 12.7. The molecule has 0 unspecified atom stereocenters. The zero-order valence-corrected chi connectivity index (χ0v) is 11.0. The fourth-order valence-corrected chi connectivity index (χ4v) is 4.56. The minimum Gasteiger partial charge on any atom is -0.316 e. The first-order valence-electron chi connectivity index (χ1n) is 7.60. The molecule has 4 aliphatic rings. The molecule has 0 spiro atoms. The number of rotatable bonds is 0. The number of allylic oxidation sites excluding steroid dienone is 1. The largest absolute Gasteiger partial charge is 0.316 e. The van der Waals surface area contributed by atoms with Crippen LogP contribution < -0.4 is 0 Å². The number of carbonyl (C=O) groups is 1. The normalized spacial score (nSPS) is 40.0. The molecule has 4 rings (SSSR count). The van der Waals surface area contributed by atoms with E-state index in [-0.39, 0.29) is 0 Å². The molecule has 0 radical (unpaired) electrons. The Kier molecular flexibility index (Phi) is 2.51. The molecule has 3 nitrogen and oxygen atoms in total. The predicted molar refractivity (Wildman–Crippen MR) is 69.8 cm³/mol. The van der Waals surface area contributed by atoms with Crippen LogP contribution in [-0.4, -0.2) is 41.4 Å². The molecule has 98 valence electrons. The van der Waals surface area contributed by atoms with Gasteiger partial charge in [0.1, 0.15) is 0 Å². The Morgan fingerprint density at radius 2 is 2.11 bits per heavy atom. The molecule has 0 N–H and O–H groups in total. The average Bonchev–Trinajstić information content (AvgIpc) is 2.44. The summed E-state index contributed by atoms with van der Waals surface area (Å²) < 4.78 is 0. The quantitative estimate of drug-likeness (QED) is 0.652. The molecule has 0 aromatic heterocycles. The van der Waals surface area contributed by atoms with Crippen LogP contribution in [0.4, 0.5) is 0 Å². The van der Waals surface area contributed by atoms with Gasteiger partial charge in [0, 0.05) is 30.7 Å². The van der Waals surface area contributed by atoms with Crippen molar-refractivity contribution in [3.05, 3.63) is 11.8 Å². The highest BCUT2D eigenvalue weighted by molar-refractivity contribution is 5.83. The first-order valence-corrected chi connectivity index (χ1v) is 7.60. The van der Waals surface area contributed by atoms with Crippen molar-refractivity contribution < 1.29 is 4.79 Å². The summed E-state index contributed by atoms with van der Waals surface area (Å²) in [5, 5.41) is 0. The van der Waals surface area contributed by atoms with Crippen LogP contribution in [0.2, 0.25) is 0 Å². The molecule has 3 fully saturated rings. The van der Waals surface area contributed by atoms with E-state index in [1.165, 1.54) is 44.5 Å². The minimum absolute atomic E-state index is 0.305. The monoisotopic (exact) mass is 246 g/mol. The Hall–Kier alpha value is -0.830. The summed E-state index contributed by atoms with van der Waals surface area (Å²) in [6, 6.07) is 0.561. The third-order valence-corrected chi connectivity index (χ3v) is 5.37. The van der Waals surface area contributed by atoms with Gasteiger partial charge in [-0.2, -0.15) is 0 Å². The number of hydrogen-bond acceptors (Lipinski definition) is 2. The van der Waals surface area contributed by atoms with Crippen molar-refractivity contribution in [1.29, 1.82) is 0 Å². The number of fused-ring (bicyclic) bond motifs is 6. The summed E-state index contributed by atoms with van der Waals surface area (Å²) in [5.74, 6) is 1.38. The minimum atomic E-state index is 0.305. The van der Waals surface area contributed by atoms with Crippen molar-refractivity contribution in [1.82, 2.24) is 9.80 Å². The van der Waals surface area contributed by atoms with Crippen molar-refractivity contribution >= 4 is 5.91 Å². The number of hydrogen-bond donors (Lipinski definition) is 0. The molecule has 0 saturated carbocycles. The third-order valence-electron chi connectivity index (χ3n) is 5.37. The summed E-state index contributed by atoms with van der Waals surface area (Å²) in [6.45, 7) is 3.40. The molecule has 3 heteroatoms. The Morgan fingerprint density at radius 1 is 1.17 bits per heavy atom. The Balaban J connectivity index is 1.69. The van der Waals surface area contributed by atoms with Crippen LogP contribution in [0.15, 0.2) is 11.8 Å². The van der Waals surface area contributed by atoms with E-state index in [2.05, 4.69) is 15.9 Å². The summed E-state index contributed by atoms with van der Waals surface area (Å²) in [5.41, 5.74) is 1.37. The van der Waals surface area contributed by atoms with Crippen LogP contribution in [-0.2, 0) is 4.79 Å². The van der Waals surface area contributed by atoms with Gasteiger partial charge in [-0.25, -0.2) is 0 Å². The molecule has 3 atom stereocenters. The predicted octanol–water partition coefficient (Wildman–Crippen LogP) is 2.00. The van der Waals surface area contributed by atoms with Crippen molar-refractivity contribution in [2.75, 3.05) is 19.6 Å². The van der Waals surface area contributed by atoms with Crippen LogP contribution in [0, 0.1) is 11.8 Å². The fraction of sp³-hybridized carbons (Fsp3) is 0.800. The van der Waals surface area contributed by atoms with E-state index in [9.17, 15) is 4.79 Å². The van der Waals surface area contributed by atoms with E-state index in [0.29, 0.717) is 23.8 Å². The maximum absolute atomic E-state index is 12.7. The highest BCUT2D eigenvalue weighted by atomic mass is 16.2. The van der Waals surface area contributed by atoms with Gasteiger partial charge in [0.15, 0.2) is 0 Å². The van der Waals surface area contributed by atoms with E-state index >= 15 is 0 Å². The summed E-state index contributed by atoms with van der Waals surface area (Å²) in [7, 11) is 0. The van der Waals surface area contributed by atoms with E-state index in [1.807, 2.05) is 0 Å². The van der Waals surface area contributed by atoms with Crippen molar-refractivity contribution in [2.45, 2.75) is 44.6 Å². The smallest absolute Gasteiger partial charge is 0.231 e. The lowest BCUT2D eigenvalue weighted by molar-refractivity contribution is -0.145. The molecule has 3 saturated heterocycles. The lowest BCUT2D eigenvalue weighted by Gasteiger charge is -2.53. The molecule has 4 aliphatic heterocycles. The SMILES string of the molecule is O=C1[C@@H]2C[C@@H](CN3CCCC[C@@H]23)C2=CCCCN12. The Bertz CT molecular complexity index is 403. The first kappa shape index (κ1) is 11.0. The zero-order valence-electron chi connectivity index (χ0n) is 11.0. The zero-order chi connectivity index (χ0) is 12.1. The fourth-order valence-electron chi connectivity index (χ4n) is 4.56. The van der Waals surface area contributed by atoms with E-state index in [1.54, 1.807) is 0 Å². The van der Waals surface area contributed by atoms with Gasteiger partial charge in [-0.1, -0.05) is 12.5 Å². The Labute approximate surface area is 109 Å². The summed E-state index contributed by atoms with van der Waals surface area (Å²) >= 11 is 0. The second-order valence-corrected chi connectivity index (χ2v) is 6.36. The molecule has 4 heterocycles. The van der Waals surface area contributed by atoms with E-state index in [0.717, 1.165) is 19.4 Å². The van der Waals surface area contributed by atoms with E-state index < -0.39 is 0 Å². The van der Waals surface area contributed by atoms with Gasteiger partial charge in [0.05, 0.1) is 5.92 Å². The van der Waals surface area contributed by atoms with Gasteiger partial charge in [0.25, 0.3) is 0 Å². The molecule has 18 heavy (non-hydrogen) atoms. The summed E-state index contributed by atoms with van der Waals surface area (Å²) in [6.07, 6.45) is 9.68. The highest BCUT2D eigenvalue weighted by Gasteiger charge is 2.48. The second kappa shape index (κ2) is 4.09. The standard InChI is InChI=1S/C15H22N2O/c18-15-12-9-11(13-5-2-4-8-17(13)15)10-16-7-3-1-6-14(12)16/h5,11-12,14H,1-4,6-10H2/t11-,12+,14-/m0/s1. The first-order chi connectivity index (χ1) is 8.84. The topological polar surface area (TPSA) is 23.6 Å². The van der Waals surface area contributed by atoms with Gasteiger partial charge in [-0.3, -0.25) is 9.69 Å². The van der Waals surface area contributed by atoms with Gasteiger partial charge in [-0.05, 0) is 38.6 Å².